The third kappa shape index (κ3) is 3.71. The standard InChI is InChI=1S/C17H16F3N3O3/c1-25-14-15(22-8-7-21-14)26-11-6-9-23(10-11)16(24)12-4-2-3-5-13(12)17(18,19)20/h2-5,7-8,11H,6,9-10H2,1H3/t11-/m1/s1. The molecule has 0 radical (unpaired) electrons. The Balaban J connectivity index is 1.72. The maximum absolute atomic E-state index is 13.1. The Morgan fingerprint density at radius 1 is 1.19 bits per heavy atom. The molecule has 0 aliphatic carbocycles. The molecule has 138 valence electrons. The van der Waals surface area contributed by atoms with Crippen molar-refractivity contribution in [1.29, 1.82) is 0 Å². The summed E-state index contributed by atoms with van der Waals surface area (Å²) in [7, 11) is 1.43. The maximum Gasteiger partial charge on any atom is 0.417 e. The summed E-state index contributed by atoms with van der Waals surface area (Å²) >= 11 is 0. The average molecular weight is 367 g/mol. The molecule has 0 spiro atoms. The van der Waals surface area contributed by atoms with Gasteiger partial charge in [-0.3, -0.25) is 4.79 Å². The zero-order valence-corrected chi connectivity index (χ0v) is 13.9. The summed E-state index contributed by atoms with van der Waals surface area (Å²) in [6, 6.07) is 4.76. The van der Waals surface area contributed by atoms with E-state index in [0.717, 1.165) is 6.07 Å². The van der Waals surface area contributed by atoms with Crippen molar-refractivity contribution >= 4 is 5.91 Å². The smallest absolute Gasteiger partial charge is 0.417 e. The van der Waals surface area contributed by atoms with Crippen LogP contribution in [0.3, 0.4) is 0 Å². The largest absolute Gasteiger partial charge is 0.477 e. The molecule has 9 heteroatoms. The van der Waals surface area contributed by atoms with E-state index in [0.29, 0.717) is 6.42 Å². The highest BCUT2D eigenvalue weighted by Gasteiger charge is 2.37. The Kier molecular flexibility index (Phi) is 4.97. The molecule has 1 fully saturated rings. The molecule has 1 atom stereocenters. The number of alkyl halides is 3. The van der Waals surface area contributed by atoms with Gasteiger partial charge in [-0.2, -0.15) is 13.2 Å². The van der Waals surface area contributed by atoms with Crippen molar-refractivity contribution in [3.05, 3.63) is 47.8 Å². The summed E-state index contributed by atoms with van der Waals surface area (Å²) in [4.78, 5) is 21.9. The Morgan fingerprint density at radius 2 is 1.88 bits per heavy atom. The first-order valence-corrected chi connectivity index (χ1v) is 7.87. The van der Waals surface area contributed by atoms with Gasteiger partial charge in [0.25, 0.3) is 17.7 Å². The topological polar surface area (TPSA) is 64.6 Å². The number of amides is 1. The third-order valence-electron chi connectivity index (χ3n) is 4.00. The molecule has 1 aliphatic heterocycles. The van der Waals surface area contributed by atoms with E-state index in [-0.39, 0.29) is 30.4 Å². The van der Waals surface area contributed by atoms with Crippen LogP contribution in [0.2, 0.25) is 0 Å². The van der Waals surface area contributed by atoms with Crippen LogP contribution >= 0.6 is 0 Å². The van der Waals surface area contributed by atoms with Gasteiger partial charge in [0.2, 0.25) is 0 Å². The van der Waals surface area contributed by atoms with Crippen LogP contribution in [0.15, 0.2) is 36.7 Å². The van der Waals surface area contributed by atoms with E-state index >= 15 is 0 Å². The minimum Gasteiger partial charge on any atom is -0.477 e. The van der Waals surface area contributed by atoms with Gasteiger partial charge in [-0.15, -0.1) is 0 Å². The first-order chi connectivity index (χ1) is 12.4. The van der Waals surface area contributed by atoms with E-state index < -0.39 is 23.8 Å². The summed E-state index contributed by atoms with van der Waals surface area (Å²) in [5, 5.41) is 0. The Hall–Kier alpha value is -2.84. The molecule has 0 unspecified atom stereocenters. The minimum atomic E-state index is -4.59. The minimum absolute atomic E-state index is 0.157. The summed E-state index contributed by atoms with van der Waals surface area (Å²) in [6.45, 7) is 0.447. The lowest BCUT2D eigenvalue weighted by atomic mass is 10.1. The molecular formula is C17H16F3N3O3. The van der Waals surface area contributed by atoms with Crippen molar-refractivity contribution in [3.63, 3.8) is 0 Å². The van der Waals surface area contributed by atoms with E-state index in [1.54, 1.807) is 0 Å². The predicted molar refractivity (Wildman–Crippen MR) is 85.0 cm³/mol. The van der Waals surface area contributed by atoms with E-state index in [4.69, 9.17) is 9.47 Å². The SMILES string of the molecule is COc1nccnc1O[C@@H]1CCN(C(=O)c2ccccc2C(F)(F)F)C1. The molecule has 0 N–H and O–H groups in total. The van der Waals surface area contributed by atoms with Gasteiger partial charge in [-0.05, 0) is 12.1 Å². The summed E-state index contributed by atoms with van der Waals surface area (Å²) in [5.74, 6) is -0.278. The molecule has 6 nitrogen and oxygen atoms in total. The molecule has 1 amide bonds. The fourth-order valence-electron chi connectivity index (χ4n) is 2.79. The van der Waals surface area contributed by atoms with E-state index in [1.807, 2.05) is 0 Å². The number of carbonyl (C=O) groups is 1. The fraction of sp³-hybridized carbons (Fsp3) is 0.353. The highest BCUT2D eigenvalue weighted by molar-refractivity contribution is 5.96. The molecule has 1 aromatic heterocycles. The number of rotatable bonds is 4. The Labute approximate surface area is 147 Å². The number of hydrogen-bond donors (Lipinski definition) is 0. The lowest BCUT2D eigenvalue weighted by Crippen LogP contribution is -2.32. The zero-order chi connectivity index (χ0) is 18.7. The normalized spacial score (nSPS) is 17.2. The Bertz CT molecular complexity index is 798. The van der Waals surface area contributed by atoms with E-state index in [2.05, 4.69) is 9.97 Å². The average Bonchev–Trinajstić information content (AvgIpc) is 3.09. The molecule has 2 aromatic rings. The molecule has 0 bridgehead atoms. The predicted octanol–water partition coefficient (Wildman–Crippen LogP) is 2.80. The molecule has 3 rings (SSSR count). The van der Waals surface area contributed by atoms with Crippen LogP contribution in [-0.4, -0.2) is 47.1 Å². The van der Waals surface area contributed by atoms with Crippen LogP contribution in [0.25, 0.3) is 0 Å². The van der Waals surface area contributed by atoms with Crippen LogP contribution in [-0.2, 0) is 6.18 Å². The number of aromatic nitrogens is 2. The maximum atomic E-state index is 13.1. The van der Waals surface area contributed by atoms with Crippen LogP contribution < -0.4 is 9.47 Å². The van der Waals surface area contributed by atoms with Crippen molar-refractivity contribution in [2.45, 2.75) is 18.7 Å². The van der Waals surface area contributed by atoms with Gasteiger partial charge in [0, 0.05) is 25.4 Å². The van der Waals surface area contributed by atoms with Crippen LogP contribution in [0.1, 0.15) is 22.3 Å². The van der Waals surface area contributed by atoms with Crippen LogP contribution in [0.5, 0.6) is 11.8 Å². The van der Waals surface area contributed by atoms with Gasteiger partial charge in [0.05, 0.1) is 24.8 Å². The number of ether oxygens (including phenoxy) is 2. The first-order valence-electron chi connectivity index (χ1n) is 7.87. The third-order valence-corrected chi connectivity index (χ3v) is 4.00. The van der Waals surface area contributed by atoms with Crippen molar-refractivity contribution in [2.24, 2.45) is 0 Å². The van der Waals surface area contributed by atoms with E-state index in [1.165, 1.54) is 42.6 Å². The fourth-order valence-corrected chi connectivity index (χ4v) is 2.79. The molecule has 1 aliphatic rings. The second-order valence-corrected chi connectivity index (χ2v) is 5.69. The number of methoxy groups -OCH3 is 1. The quantitative estimate of drug-likeness (QED) is 0.832. The van der Waals surface area contributed by atoms with Crippen molar-refractivity contribution < 1.29 is 27.4 Å². The first kappa shape index (κ1) is 18.0. The summed E-state index contributed by atoms with van der Waals surface area (Å²) in [6.07, 6.45) is -1.63. The van der Waals surface area contributed by atoms with Gasteiger partial charge in [-0.1, -0.05) is 12.1 Å². The zero-order valence-electron chi connectivity index (χ0n) is 13.9. The van der Waals surface area contributed by atoms with Crippen molar-refractivity contribution in [2.75, 3.05) is 20.2 Å². The highest BCUT2D eigenvalue weighted by Crippen LogP contribution is 2.33. The van der Waals surface area contributed by atoms with Crippen molar-refractivity contribution in [1.82, 2.24) is 14.9 Å². The summed E-state index contributed by atoms with van der Waals surface area (Å²) in [5.41, 5.74) is -1.30. The summed E-state index contributed by atoms with van der Waals surface area (Å²) < 4.78 is 50.1. The van der Waals surface area contributed by atoms with Gasteiger partial charge in [-0.25, -0.2) is 9.97 Å². The lowest BCUT2D eigenvalue weighted by molar-refractivity contribution is -0.138. The van der Waals surface area contributed by atoms with Gasteiger partial charge < -0.3 is 14.4 Å². The second kappa shape index (κ2) is 7.19. The number of nitrogens with zero attached hydrogens (tertiary/aromatic N) is 3. The molecule has 26 heavy (non-hydrogen) atoms. The van der Waals surface area contributed by atoms with Crippen LogP contribution in [0, 0.1) is 0 Å². The molecule has 2 heterocycles. The lowest BCUT2D eigenvalue weighted by Gasteiger charge is -2.19. The number of carbonyl (C=O) groups excluding carboxylic acids is 1. The molecule has 1 aromatic carbocycles. The Morgan fingerprint density at radius 3 is 2.58 bits per heavy atom. The second-order valence-electron chi connectivity index (χ2n) is 5.69. The molecule has 0 saturated carbocycles. The van der Waals surface area contributed by atoms with Crippen LogP contribution in [0.4, 0.5) is 13.2 Å². The van der Waals surface area contributed by atoms with Gasteiger partial charge in [0.15, 0.2) is 0 Å². The van der Waals surface area contributed by atoms with Gasteiger partial charge >= 0.3 is 6.18 Å². The monoisotopic (exact) mass is 367 g/mol. The number of hydrogen-bond acceptors (Lipinski definition) is 5. The van der Waals surface area contributed by atoms with E-state index in [9.17, 15) is 18.0 Å². The van der Waals surface area contributed by atoms with Crippen molar-refractivity contribution in [3.8, 4) is 11.8 Å². The molecule has 1 saturated heterocycles. The highest BCUT2D eigenvalue weighted by atomic mass is 19.4. The number of likely N-dealkylation sites (tertiary alicyclic amines) is 1. The van der Waals surface area contributed by atoms with Gasteiger partial charge in [0.1, 0.15) is 6.10 Å². The number of halogens is 3. The molecular weight excluding hydrogens is 351 g/mol. The number of benzene rings is 1.